The van der Waals surface area contributed by atoms with Gasteiger partial charge in [0, 0.05) is 7.05 Å². The van der Waals surface area contributed by atoms with Crippen LogP contribution in [0.2, 0.25) is 0 Å². The Morgan fingerprint density at radius 1 is 1.11 bits per heavy atom. The van der Waals surface area contributed by atoms with Gasteiger partial charge >= 0.3 is 5.97 Å². The number of carbonyl (C=O) groups is 2. The van der Waals surface area contributed by atoms with Gasteiger partial charge in [-0.2, -0.15) is 0 Å². The number of carbonyl (C=O) groups excluding carboxylic acids is 2. The largest absolute Gasteiger partial charge is 0.489 e. The van der Waals surface area contributed by atoms with Gasteiger partial charge in [0.15, 0.2) is 5.11 Å². The Balaban J connectivity index is 1.74. The van der Waals surface area contributed by atoms with Crippen molar-refractivity contribution in [3.63, 3.8) is 0 Å². The Morgan fingerprint density at radius 2 is 1.79 bits per heavy atom. The molecule has 0 radical (unpaired) electrons. The van der Waals surface area contributed by atoms with E-state index in [0.717, 1.165) is 16.9 Å². The van der Waals surface area contributed by atoms with Crippen molar-refractivity contribution in [3.05, 3.63) is 71.4 Å². The van der Waals surface area contributed by atoms with E-state index in [1.807, 2.05) is 54.6 Å². The van der Waals surface area contributed by atoms with E-state index in [9.17, 15) is 9.59 Å². The molecule has 144 valence electrons. The smallest absolute Gasteiger partial charge is 0.325 e. The molecule has 1 fully saturated rings. The van der Waals surface area contributed by atoms with Crippen LogP contribution in [0.15, 0.2) is 60.3 Å². The zero-order valence-electron chi connectivity index (χ0n) is 15.6. The minimum atomic E-state index is -0.471. The lowest BCUT2D eigenvalue weighted by molar-refractivity contribution is -0.140. The van der Waals surface area contributed by atoms with E-state index in [2.05, 4.69) is 0 Å². The van der Waals surface area contributed by atoms with Crippen LogP contribution in [0.5, 0.6) is 5.75 Å². The zero-order chi connectivity index (χ0) is 20.1. The van der Waals surface area contributed by atoms with Crippen molar-refractivity contribution in [2.75, 3.05) is 20.7 Å². The molecular weight excluding hydrogens is 376 g/mol. The van der Waals surface area contributed by atoms with Crippen molar-refractivity contribution >= 4 is 35.3 Å². The van der Waals surface area contributed by atoms with Gasteiger partial charge in [0.25, 0.3) is 5.91 Å². The van der Waals surface area contributed by atoms with Crippen LogP contribution in [0.4, 0.5) is 0 Å². The molecule has 0 unspecified atom stereocenters. The number of esters is 1. The first-order valence-corrected chi connectivity index (χ1v) is 9.05. The highest BCUT2D eigenvalue weighted by Gasteiger charge is 2.36. The Morgan fingerprint density at radius 3 is 2.43 bits per heavy atom. The van der Waals surface area contributed by atoms with Crippen LogP contribution in [0, 0.1) is 0 Å². The Kier molecular flexibility index (Phi) is 6.06. The molecule has 1 aliphatic rings. The fourth-order valence-corrected chi connectivity index (χ4v) is 2.95. The minimum absolute atomic E-state index is 0.116. The van der Waals surface area contributed by atoms with Gasteiger partial charge in [-0.05, 0) is 41.6 Å². The molecule has 0 aromatic heterocycles. The highest BCUT2D eigenvalue weighted by atomic mass is 32.1. The number of thiocarbonyl (C=S) groups is 1. The molecule has 0 atom stereocenters. The van der Waals surface area contributed by atoms with Crippen LogP contribution < -0.4 is 4.74 Å². The van der Waals surface area contributed by atoms with Gasteiger partial charge < -0.3 is 14.4 Å². The van der Waals surface area contributed by atoms with E-state index in [0.29, 0.717) is 12.3 Å². The van der Waals surface area contributed by atoms with Crippen LogP contribution >= 0.6 is 12.2 Å². The van der Waals surface area contributed by atoms with Gasteiger partial charge in [-0.1, -0.05) is 42.5 Å². The molecule has 0 N–H and O–H groups in total. The number of amides is 1. The third-order valence-electron chi connectivity index (χ3n) is 4.28. The van der Waals surface area contributed by atoms with E-state index in [4.69, 9.17) is 21.7 Å². The number of nitrogens with zero attached hydrogens (tertiary/aromatic N) is 2. The van der Waals surface area contributed by atoms with Crippen molar-refractivity contribution in [2.45, 2.75) is 6.61 Å². The molecular formula is C21H20N2O4S. The maximum atomic E-state index is 12.5. The lowest BCUT2D eigenvalue weighted by Gasteiger charge is -2.16. The van der Waals surface area contributed by atoms with Gasteiger partial charge in [0.05, 0.1) is 7.11 Å². The van der Waals surface area contributed by atoms with Crippen LogP contribution in [-0.4, -0.2) is 47.5 Å². The predicted octanol–water partition coefficient (Wildman–Crippen LogP) is 2.84. The maximum Gasteiger partial charge on any atom is 0.325 e. The van der Waals surface area contributed by atoms with E-state index in [-0.39, 0.29) is 17.6 Å². The molecule has 1 saturated heterocycles. The highest BCUT2D eigenvalue weighted by molar-refractivity contribution is 7.80. The Bertz CT molecular complexity index is 910. The number of ether oxygens (including phenoxy) is 2. The van der Waals surface area contributed by atoms with Gasteiger partial charge in [-0.25, -0.2) is 0 Å². The lowest BCUT2D eigenvalue weighted by Crippen LogP contribution is -2.33. The van der Waals surface area contributed by atoms with Crippen LogP contribution in [0.25, 0.3) is 6.08 Å². The lowest BCUT2D eigenvalue weighted by atomic mass is 10.1. The zero-order valence-corrected chi connectivity index (χ0v) is 16.4. The first-order valence-electron chi connectivity index (χ1n) is 8.64. The summed E-state index contributed by atoms with van der Waals surface area (Å²) in [5, 5.41) is 0.268. The quantitative estimate of drug-likeness (QED) is 0.425. The normalized spacial score (nSPS) is 15.3. The van der Waals surface area contributed by atoms with E-state index in [1.54, 1.807) is 13.1 Å². The van der Waals surface area contributed by atoms with Crippen LogP contribution in [0.1, 0.15) is 11.1 Å². The summed E-state index contributed by atoms with van der Waals surface area (Å²) in [6, 6.07) is 17.3. The van der Waals surface area contributed by atoms with Crippen LogP contribution in [0.3, 0.4) is 0 Å². The predicted molar refractivity (Wildman–Crippen MR) is 109 cm³/mol. The number of likely N-dealkylation sites (N-methyl/N-ethyl adjacent to an activating group) is 1. The summed E-state index contributed by atoms with van der Waals surface area (Å²) in [6.45, 7) is 0.362. The summed E-state index contributed by atoms with van der Waals surface area (Å²) in [5.74, 6) is -0.0119. The van der Waals surface area contributed by atoms with Gasteiger partial charge in [-0.15, -0.1) is 0 Å². The summed E-state index contributed by atoms with van der Waals surface area (Å²) in [4.78, 5) is 26.9. The summed E-state index contributed by atoms with van der Waals surface area (Å²) in [7, 11) is 2.88. The molecule has 28 heavy (non-hydrogen) atoms. The van der Waals surface area contributed by atoms with Crippen LogP contribution in [-0.2, 0) is 20.9 Å². The van der Waals surface area contributed by atoms with Crippen molar-refractivity contribution < 1.29 is 19.1 Å². The van der Waals surface area contributed by atoms with Crippen molar-refractivity contribution in [1.82, 2.24) is 9.80 Å². The first-order chi connectivity index (χ1) is 13.5. The molecule has 7 heteroatoms. The third-order valence-corrected chi connectivity index (χ3v) is 4.77. The highest BCUT2D eigenvalue weighted by Crippen LogP contribution is 2.23. The van der Waals surface area contributed by atoms with Gasteiger partial charge in [-0.3, -0.25) is 14.5 Å². The van der Waals surface area contributed by atoms with Crippen molar-refractivity contribution in [1.29, 1.82) is 0 Å². The molecule has 0 saturated carbocycles. The fourth-order valence-electron chi connectivity index (χ4n) is 2.70. The Labute approximate surface area is 169 Å². The standard InChI is InChI=1S/C21H20N2O4S/c1-22-20(25)18(23(21(22)28)13-19(24)26-2)12-15-8-10-17(11-9-15)27-14-16-6-4-3-5-7-16/h3-12H,13-14H2,1-2H3. The monoisotopic (exact) mass is 396 g/mol. The van der Waals surface area contributed by atoms with Gasteiger partial charge in [0.1, 0.15) is 24.6 Å². The van der Waals surface area contributed by atoms with E-state index >= 15 is 0 Å². The Hall–Kier alpha value is -3.19. The van der Waals surface area contributed by atoms with Gasteiger partial charge in [0.2, 0.25) is 0 Å². The molecule has 0 aliphatic carbocycles. The molecule has 1 amide bonds. The number of hydrogen-bond acceptors (Lipinski definition) is 5. The summed E-state index contributed by atoms with van der Waals surface area (Å²) < 4.78 is 10.5. The van der Waals surface area contributed by atoms with Crippen molar-refractivity contribution in [3.8, 4) is 5.75 Å². The third kappa shape index (κ3) is 4.37. The average molecular weight is 396 g/mol. The van der Waals surface area contributed by atoms with Crippen molar-refractivity contribution in [2.24, 2.45) is 0 Å². The number of rotatable bonds is 6. The number of hydrogen-bond donors (Lipinski definition) is 0. The first kappa shape index (κ1) is 19.6. The minimum Gasteiger partial charge on any atom is -0.489 e. The average Bonchev–Trinajstić information content (AvgIpc) is 2.92. The fraction of sp³-hybridized carbons (Fsp3) is 0.190. The SMILES string of the molecule is COC(=O)CN1C(=S)N(C)C(=O)C1=Cc1ccc(OCc2ccccc2)cc1. The second-order valence-electron chi connectivity index (χ2n) is 6.18. The maximum absolute atomic E-state index is 12.5. The second kappa shape index (κ2) is 8.67. The molecule has 2 aromatic carbocycles. The summed E-state index contributed by atoms with van der Waals surface area (Å²) in [6.07, 6.45) is 1.70. The van der Waals surface area contributed by atoms with E-state index in [1.165, 1.54) is 16.9 Å². The molecule has 0 spiro atoms. The topological polar surface area (TPSA) is 59.1 Å². The molecule has 1 heterocycles. The van der Waals surface area contributed by atoms with E-state index < -0.39 is 5.97 Å². The summed E-state index contributed by atoms with van der Waals surface area (Å²) in [5.41, 5.74) is 2.21. The number of benzene rings is 2. The molecule has 0 bridgehead atoms. The molecule has 1 aliphatic heterocycles. The molecule has 2 aromatic rings. The summed E-state index contributed by atoms with van der Waals surface area (Å²) >= 11 is 5.26. The second-order valence-corrected chi connectivity index (χ2v) is 6.55. The molecule has 3 rings (SSSR count). The molecule has 6 nitrogen and oxygen atoms in total. The number of methoxy groups -OCH3 is 1.